The number of hydrogen-bond donors (Lipinski definition) is 4. The standard InChI is InChI=1S/C25H26F3N5O3.C2HF3O2/c1-16(34)30-19-5-3-4-6-20(19)31-22-14-24(29-15-18(22)25(26,27)28)32-21-8-7-17(13-23(21)35-2)33-9-11-36-12-10-33;3-2(4,5)1(6)7/h3-8,13-15H,9-12H2,1-2H3,(H,30,34)(H2,29,31,32);(H,6,7). The minimum Gasteiger partial charge on any atom is -0.494 e. The van der Waals surface area contributed by atoms with Gasteiger partial charge in [0, 0.05) is 44.0 Å². The number of aliphatic carboxylic acids is 1. The average molecular weight is 616 g/mol. The number of morpholine rings is 1. The first kappa shape index (κ1) is 32.8. The largest absolute Gasteiger partial charge is 0.494 e. The number of carboxylic acids is 1. The number of nitrogens with one attached hydrogen (secondary N) is 3. The summed E-state index contributed by atoms with van der Waals surface area (Å²) in [4.78, 5) is 26.6. The SMILES string of the molecule is COc1cc(N2CCOCC2)ccc1Nc1cc(Nc2ccccc2NC(C)=O)c(C(F)(F)F)cn1.O=C(O)C(F)(F)F. The van der Waals surface area contributed by atoms with Gasteiger partial charge in [-0.2, -0.15) is 26.3 Å². The Morgan fingerprint density at radius 2 is 1.56 bits per heavy atom. The second-order valence-electron chi connectivity index (χ2n) is 8.88. The fourth-order valence-corrected chi connectivity index (χ4v) is 3.83. The number of halogens is 6. The zero-order chi connectivity index (χ0) is 31.8. The first-order chi connectivity index (χ1) is 20.2. The van der Waals surface area contributed by atoms with Gasteiger partial charge >= 0.3 is 18.3 Å². The maximum Gasteiger partial charge on any atom is 0.490 e. The lowest BCUT2D eigenvalue weighted by molar-refractivity contribution is -0.192. The highest BCUT2D eigenvalue weighted by atomic mass is 19.4. The van der Waals surface area contributed by atoms with Crippen LogP contribution < -0.4 is 25.6 Å². The van der Waals surface area contributed by atoms with E-state index < -0.39 is 23.9 Å². The Morgan fingerprint density at radius 1 is 0.930 bits per heavy atom. The van der Waals surface area contributed by atoms with Crippen LogP contribution in [-0.2, 0) is 20.5 Å². The summed E-state index contributed by atoms with van der Waals surface area (Å²) in [6, 6.07) is 13.3. The number of carboxylic acid groups (broad SMARTS) is 1. The third-order valence-electron chi connectivity index (χ3n) is 5.78. The molecule has 43 heavy (non-hydrogen) atoms. The molecular weight excluding hydrogens is 588 g/mol. The molecule has 2 heterocycles. The molecule has 16 heteroatoms. The van der Waals surface area contributed by atoms with Gasteiger partial charge in [0.1, 0.15) is 11.6 Å². The normalized spacial score (nSPS) is 13.3. The monoisotopic (exact) mass is 615 g/mol. The summed E-state index contributed by atoms with van der Waals surface area (Å²) < 4.78 is 83.9. The molecular formula is C27H27F6N5O5. The Labute approximate surface area is 241 Å². The van der Waals surface area contributed by atoms with E-state index in [0.29, 0.717) is 36.0 Å². The van der Waals surface area contributed by atoms with Crippen LogP contribution in [0.4, 0.5) is 60.6 Å². The van der Waals surface area contributed by atoms with Crippen LogP contribution in [0.15, 0.2) is 54.7 Å². The van der Waals surface area contributed by atoms with Crippen molar-refractivity contribution in [2.24, 2.45) is 0 Å². The highest BCUT2D eigenvalue weighted by Crippen LogP contribution is 2.39. The number of hydrogen-bond acceptors (Lipinski definition) is 8. The zero-order valence-corrected chi connectivity index (χ0v) is 22.8. The van der Waals surface area contributed by atoms with E-state index in [1.54, 1.807) is 30.3 Å². The van der Waals surface area contributed by atoms with Crippen molar-refractivity contribution in [3.63, 3.8) is 0 Å². The molecule has 3 aromatic rings. The van der Waals surface area contributed by atoms with E-state index in [2.05, 4.69) is 25.8 Å². The van der Waals surface area contributed by atoms with Crippen molar-refractivity contribution in [1.29, 1.82) is 0 Å². The third kappa shape index (κ3) is 9.39. The van der Waals surface area contributed by atoms with Crippen LogP contribution in [0.3, 0.4) is 0 Å². The number of amides is 1. The number of ether oxygens (including phenoxy) is 2. The minimum absolute atomic E-state index is 0.180. The van der Waals surface area contributed by atoms with E-state index in [9.17, 15) is 31.1 Å². The molecule has 2 aromatic carbocycles. The molecule has 0 unspecified atom stereocenters. The van der Waals surface area contributed by atoms with Gasteiger partial charge in [0.15, 0.2) is 0 Å². The maximum atomic E-state index is 13.8. The van der Waals surface area contributed by atoms with Gasteiger partial charge in [0.05, 0.1) is 48.6 Å². The van der Waals surface area contributed by atoms with Crippen molar-refractivity contribution in [2.75, 3.05) is 54.3 Å². The molecule has 1 amide bonds. The smallest absolute Gasteiger partial charge is 0.490 e. The van der Waals surface area contributed by atoms with Crippen LogP contribution >= 0.6 is 0 Å². The van der Waals surface area contributed by atoms with Gasteiger partial charge in [0.25, 0.3) is 0 Å². The average Bonchev–Trinajstić information content (AvgIpc) is 2.94. The van der Waals surface area contributed by atoms with Crippen LogP contribution in [0.1, 0.15) is 12.5 Å². The third-order valence-corrected chi connectivity index (χ3v) is 5.78. The number of alkyl halides is 6. The van der Waals surface area contributed by atoms with E-state index in [4.69, 9.17) is 19.4 Å². The highest BCUT2D eigenvalue weighted by molar-refractivity contribution is 5.93. The summed E-state index contributed by atoms with van der Waals surface area (Å²) >= 11 is 0. The van der Waals surface area contributed by atoms with Crippen molar-refractivity contribution in [1.82, 2.24) is 4.98 Å². The van der Waals surface area contributed by atoms with Crippen molar-refractivity contribution in [2.45, 2.75) is 19.3 Å². The van der Waals surface area contributed by atoms with Crippen molar-refractivity contribution in [3.8, 4) is 5.75 Å². The van der Waals surface area contributed by atoms with Crippen LogP contribution in [-0.4, -0.2) is 61.6 Å². The van der Waals surface area contributed by atoms with Crippen molar-refractivity contribution >= 4 is 46.1 Å². The Hall–Kier alpha value is -4.73. The molecule has 0 radical (unpaired) electrons. The Kier molecular flexibility index (Phi) is 10.6. The van der Waals surface area contributed by atoms with Gasteiger partial charge in [-0.1, -0.05) is 12.1 Å². The molecule has 4 rings (SSSR count). The first-order valence-corrected chi connectivity index (χ1v) is 12.5. The molecule has 0 spiro atoms. The molecule has 232 valence electrons. The quantitative estimate of drug-likeness (QED) is 0.236. The number of aromatic nitrogens is 1. The van der Waals surface area contributed by atoms with Crippen LogP contribution in [0, 0.1) is 0 Å². The van der Waals surface area contributed by atoms with E-state index in [-0.39, 0.29) is 17.4 Å². The fourth-order valence-electron chi connectivity index (χ4n) is 3.83. The molecule has 1 fully saturated rings. The summed E-state index contributed by atoms with van der Waals surface area (Å²) in [5.41, 5.74) is 0.999. The topological polar surface area (TPSA) is 125 Å². The summed E-state index contributed by atoms with van der Waals surface area (Å²) in [5.74, 6) is -2.40. The summed E-state index contributed by atoms with van der Waals surface area (Å²) in [5, 5.41) is 15.6. The molecule has 1 aromatic heterocycles. The molecule has 10 nitrogen and oxygen atoms in total. The van der Waals surface area contributed by atoms with Gasteiger partial charge in [0.2, 0.25) is 5.91 Å². The van der Waals surface area contributed by atoms with Gasteiger partial charge in [-0.05, 0) is 24.3 Å². The number of carbonyl (C=O) groups is 2. The minimum atomic E-state index is -5.08. The molecule has 1 aliphatic heterocycles. The van der Waals surface area contributed by atoms with Gasteiger partial charge in [-0.3, -0.25) is 4.79 Å². The molecule has 0 atom stereocenters. The number of para-hydroxylation sites is 2. The number of anilines is 6. The lowest BCUT2D eigenvalue weighted by atomic mass is 10.2. The fraction of sp³-hybridized carbons (Fsp3) is 0.296. The molecule has 0 bridgehead atoms. The second kappa shape index (κ2) is 14.0. The molecule has 0 aliphatic carbocycles. The zero-order valence-electron chi connectivity index (χ0n) is 22.8. The Bertz CT molecular complexity index is 1430. The van der Waals surface area contributed by atoms with Gasteiger partial charge in [-0.15, -0.1) is 0 Å². The Morgan fingerprint density at radius 3 is 2.12 bits per heavy atom. The van der Waals surface area contributed by atoms with Crippen molar-refractivity contribution in [3.05, 3.63) is 60.3 Å². The second-order valence-corrected chi connectivity index (χ2v) is 8.88. The van der Waals surface area contributed by atoms with E-state index in [1.807, 2.05) is 12.1 Å². The molecule has 1 aliphatic rings. The van der Waals surface area contributed by atoms with Gasteiger partial charge in [-0.25, -0.2) is 9.78 Å². The number of pyridine rings is 1. The number of rotatable bonds is 7. The van der Waals surface area contributed by atoms with Crippen LogP contribution in [0.2, 0.25) is 0 Å². The van der Waals surface area contributed by atoms with E-state index in [1.165, 1.54) is 20.1 Å². The molecule has 0 saturated carbocycles. The lowest BCUT2D eigenvalue weighted by Crippen LogP contribution is -2.36. The Balaban J connectivity index is 0.000000646. The lowest BCUT2D eigenvalue weighted by Gasteiger charge is -2.29. The van der Waals surface area contributed by atoms with Crippen molar-refractivity contribution < 1.29 is 50.5 Å². The number of carbonyl (C=O) groups excluding carboxylic acids is 1. The van der Waals surface area contributed by atoms with Crippen LogP contribution in [0.25, 0.3) is 0 Å². The number of benzene rings is 2. The summed E-state index contributed by atoms with van der Waals surface area (Å²) in [6.07, 6.45) is -8.96. The van der Waals surface area contributed by atoms with Gasteiger partial charge < -0.3 is 35.4 Å². The highest BCUT2D eigenvalue weighted by Gasteiger charge is 2.38. The predicted octanol–water partition coefficient (Wildman–Crippen LogP) is 6.02. The predicted molar refractivity (Wildman–Crippen MR) is 146 cm³/mol. The first-order valence-electron chi connectivity index (χ1n) is 12.5. The van der Waals surface area contributed by atoms with E-state index >= 15 is 0 Å². The van der Waals surface area contributed by atoms with Crippen LogP contribution in [0.5, 0.6) is 5.75 Å². The summed E-state index contributed by atoms with van der Waals surface area (Å²) in [6.45, 7) is 4.11. The van der Waals surface area contributed by atoms with E-state index in [0.717, 1.165) is 25.0 Å². The summed E-state index contributed by atoms with van der Waals surface area (Å²) in [7, 11) is 1.52. The molecule has 1 saturated heterocycles. The number of nitrogens with zero attached hydrogens (tertiary/aromatic N) is 2. The number of methoxy groups -OCH3 is 1. The maximum absolute atomic E-state index is 13.8. The molecule has 4 N–H and O–H groups in total.